The molecule has 0 aliphatic carbocycles. The molecule has 2 N–H and O–H groups in total. The van der Waals surface area contributed by atoms with E-state index in [0.717, 1.165) is 6.92 Å². The number of carboxylic acid groups (broad SMARTS) is 2. The normalized spacial score (nSPS) is 8.67. The number of hydrogen-bond acceptors (Lipinski definition) is 2. The van der Waals surface area contributed by atoms with Gasteiger partial charge in [0.25, 0.3) is 5.97 Å². The van der Waals surface area contributed by atoms with Crippen LogP contribution in [0.25, 0.3) is 0 Å². The standard InChI is InChI=1S/C8H7ClO2.C2H4O2/c9-5-6-3-1-2-4-7(6)8(10)11;1-2(3)4/h1-4H,5H2,(H,10,11);1H3,(H,3,4). The molecule has 1 aromatic rings. The van der Waals surface area contributed by atoms with Crippen molar-refractivity contribution in [3.05, 3.63) is 35.4 Å². The van der Waals surface area contributed by atoms with E-state index in [9.17, 15) is 4.79 Å². The summed E-state index contributed by atoms with van der Waals surface area (Å²) >= 11 is 5.51. The molecule has 0 atom stereocenters. The van der Waals surface area contributed by atoms with Crippen molar-refractivity contribution in [1.82, 2.24) is 0 Å². The molecule has 5 heteroatoms. The number of halogens is 1. The second-order valence-corrected chi connectivity index (χ2v) is 2.88. The Morgan fingerprint density at radius 2 is 1.73 bits per heavy atom. The molecule has 0 spiro atoms. The lowest BCUT2D eigenvalue weighted by Gasteiger charge is -1.99. The van der Waals surface area contributed by atoms with Crippen LogP contribution in [0.4, 0.5) is 0 Å². The van der Waals surface area contributed by atoms with E-state index in [2.05, 4.69) is 0 Å². The lowest BCUT2D eigenvalue weighted by molar-refractivity contribution is -0.134. The molecule has 15 heavy (non-hydrogen) atoms. The minimum Gasteiger partial charge on any atom is -0.481 e. The molecular formula is C10H11ClO4. The summed E-state index contributed by atoms with van der Waals surface area (Å²) < 4.78 is 0. The summed E-state index contributed by atoms with van der Waals surface area (Å²) in [7, 11) is 0. The maximum Gasteiger partial charge on any atom is 0.336 e. The van der Waals surface area contributed by atoms with Crippen molar-refractivity contribution in [2.24, 2.45) is 0 Å². The van der Waals surface area contributed by atoms with Gasteiger partial charge >= 0.3 is 5.97 Å². The Morgan fingerprint density at radius 1 is 1.27 bits per heavy atom. The van der Waals surface area contributed by atoms with E-state index in [1.54, 1.807) is 24.3 Å². The highest BCUT2D eigenvalue weighted by Crippen LogP contribution is 2.10. The third kappa shape index (κ3) is 5.70. The maximum absolute atomic E-state index is 10.5. The Kier molecular flexibility index (Phi) is 6.13. The fourth-order valence-electron chi connectivity index (χ4n) is 0.845. The smallest absolute Gasteiger partial charge is 0.336 e. The molecule has 0 aromatic heterocycles. The van der Waals surface area contributed by atoms with E-state index in [0.29, 0.717) is 5.56 Å². The number of aliphatic carboxylic acids is 1. The first-order chi connectivity index (χ1) is 6.99. The number of carbonyl (C=O) groups is 2. The summed E-state index contributed by atoms with van der Waals surface area (Å²) in [5.74, 6) is -1.52. The summed E-state index contributed by atoms with van der Waals surface area (Å²) in [5.41, 5.74) is 0.934. The van der Waals surface area contributed by atoms with Crippen LogP contribution in [-0.2, 0) is 10.7 Å². The Bertz CT molecular complexity index is 345. The summed E-state index contributed by atoms with van der Waals surface area (Å²) in [5, 5.41) is 16.1. The topological polar surface area (TPSA) is 74.6 Å². The van der Waals surface area contributed by atoms with E-state index in [-0.39, 0.29) is 11.4 Å². The average Bonchev–Trinajstić information content (AvgIpc) is 2.16. The first-order valence-electron chi connectivity index (χ1n) is 4.05. The van der Waals surface area contributed by atoms with Crippen LogP contribution in [0, 0.1) is 0 Å². The second-order valence-electron chi connectivity index (χ2n) is 2.61. The van der Waals surface area contributed by atoms with Gasteiger partial charge in [-0.25, -0.2) is 4.79 Å². The van der Waals surface area contributed by atoms with Crippen LogP contribution < -0.4 is 0 Å². The molecule has 82 valence electrons. The van der Waals surface area contributed by atoms with Gasteiger partial charge in [-0.3, -0.25) is 4.79 Å². The van der Waals surface area contributed by atoms with E-state index in [1.807, 2.05) is 0 Å². The van der Waals surface area contributed by atoms with E-state index in [1.165, 1.54) is 0 Å². The van der Waals surface area contributed by atoms with Crippen LogP contribution >= 0.6 is 11.6 Å². The highest BCUT2D eigenvalue weighted by atomic mass is 35.5. The second kappa shape index (κ2) is 6.84. The number of hydrogen-bond donors (Lipinski definition) is 2. The summed E-state index contributed by atoms with van der Waals surface area (Å²) in [6, 6.07) is 6.69. The van der Waals surface area contributed by atoms with E-state index >= 15 is 0 Å². The molecular weight excluding hydrogens is 220 g/mol. The van der Waals surface area contributed by atoms with Crippen molar-refractivity contribution in [2.45, 2.75) is 12.8 Å². The predicted octanol–water partition coefficient (Wildman–Crippen LogP) is 2.21. The zero-order valence-corrected chi connectivity index (χ0v) is 8.86. The van der Waals surface area contributed by atoms with Crippen LogP contribution in [-0.4, -0.2) is 22.2 Å². The lowest BCUT2D eigenvalue weighted by atomic mass is 10.1. The van der Waals surface area contributed by atoms with Gasteiger partial charge in [-0.1, -0.05) is 18.2 Å². The number of aromatic carboxylic acids is 1. The molecule has 0 unspecified atom stereocenters. The van der Waals surface area contributed by atoms with Gasteiger partial charge in [0.15, 0.2) is 0 Å². The highest BCUT2D eigenvalue weighted by molar-refractivity contribution is 6.17. The predicted molar refractivity (Wildman–Crippen MR) is 56.3 cm³/mol. The van der Waals surface area contributed by atoms with E-state index < -0.39 is 11.9 Å². The number of rotatable bonds is 2. The molecule has 0 aliphatic rings. The van der Waals surface area contributed by atoms with Gasteiger partial charge in [0.05, 0.1) is 5.56 Å². The average molecular weight is 231 g/mol. The van der Waals surface area contributed by atoms with Gasteiger partial charge in [0, 0.05) is 12.8 Å². The third-order valence-electron chi connectivity index (χ3n) is 1.39. The zero-order valence-electron chi connectivity index (χ0n) is 8.11. The van der Waals surface area contributed by atoms with Crippen molar-refractivity contribution in [2.75, 3.05) is 0 Å². The fraction of sp³-hybridized carbons (Fsp3) is 0.200. The molecule has 0 heterocycles. The molecule has 1 rings (SSSR count). The van der Waals surface area contributed by atoms with Crippen molar-refractivity contribution in [1.29, 1.82) is 0 Å². The number of alkyl halides is 1. The Morgan fingerprint density at radius 3 is 2.07 bits per heavy atom. The molecule has 1 aromatic carbocycles. The molecule has 0 saturated carbocycles. The summed E-state index contributed by atoms with van der Waals surface area (Å²) in [4.78, 5) is 19.5. The molecule has 0 saturated heterocycles. The van der Waals surface area contributed by atoms with Crippen LogP contribution in [0.15, 0.2) is 24.3 Å². The Balaban J connectivity index is 0.000000423. The molecule has 0 amide bonds. The molecule has 0 aliphatic heterocycles. The summed E-state index contributed by atoms with van der Waals surface area (Å²) in [6.45, 7) is 1.08. The lowest BCUT2D eigenvalue weighted by Crippen LogP contribution is -1.99. The number of carboxylic acids is 2. The monoisotopic (exact) mass is 230 g/mol. The molecule has 0 bridgehead atoms. The Hall–Kier alpha value is -1.55. The third-order valence-corrected chi connectivity index (χ3v) is 1.68. The van der Waals surface area contributed by atoms with Gasteiger partial charge < -0.3 is 10.2 Å². The van der Waals surface area contributed by atoms with Crippen molar-refractivity contribution >= 4 is 23.5 Å². The number of benzene rings is 1. The quantitative estimate of drug-likeness (QED) is 0.764. The Labute approximate surface area is 92.1 Å². The first kappa shape index (κ1) is 13.5. The van der Waals surface area contributed by atoms with Gasteiger partial charge in [0.2, 0.25) is 0 Å². The SMILES string of the molecule is CC(=O)O.O=C(O)c1ccccc1CCl. The summed E-state index contributed by atoms with van der Waals surface area (Å²) in [6.07, 6.45) is 0. The molecule has 0 radical (unpaired) electrons. The van der Waals surface area contributed by atoms with Crippen LogP contribution in [0.3, 0.4) is 0 Å². The van der Waals surface area contributed by atoms with Gasteiger partial charge in [-0.15, -0.1) is 11.6 Å². The maximum atomic E-state index is 10.5. The van der Waals surface area contributed by atoms with Gasteiger partial charge in [0.1, 0.15) is 0 Å². The molecule has 4 nitrogen and oxygen atoms in total. The van der Waals surface area contributed by atoms with Crippen LogP contribution in [0.5, 0.6) is 0 Å². The zero-order chi connectivity index (χ0) is 11.8. The van der Waals surface area contributed by atoms with Crippen molar-refractivity contribution in [3.63, 3.8) is 0 Å². The van der Waals surface area contributed by atoms with Crippen molar-refractivity contribution in [3.8, 4) is 0 Å². The van der Waals surface area contributed by atoms with E-state index in [4.69, 9.17) is 26.6 Å². The molecule has 0 fully saturated rings. The van der Waals surface area contributed by atoms with Gasteiger partial charge in [-0.05, 0) is 11.6 Å². The van der Waals surface area contributed by atoms with Crippen LogP contribution in [0.2, 0.25) is 0 Å². The highest BCUT2D eigenvalue weighted by Gasteiger charge is 2.06. The fourth-order valence-corrected chi connectivity index (χ4v) is 1.08. The van der Waals surface area contributed by atoms with Crippen molar-refractivity contribution < 1.29 is 19.8 Å². The minimum atomic E-state index is -0.929. The van der Waals surface area contributed by atoms with Crippen LogP contribution in [0.1, 0.15) is 22.8 Å². The minimum absolute atomic E-state index is 0.239. The first-order valence-corrected chi connectivity index (χ1v) is 4.59. The largest absolute Gasteiger partial charge is 0.481 e. The van der Waals surface area contributed by atoms with Gasteiger partial charge in [-0.2, -0.15) is 0 Å².